The van der Waals surface area contributed by atoms with Gasteiger partial charge >= 0.3 is 0 Å². The third kappa shape index (κ3) is 1.85. The largest absolute Gasteiger partial charge is 0.329 e. The first kappa shape index (κ1) is 10.1. The lowest BCUT2D eigenvalue weighted by Gasteiger charge is -2.40. The molecule has 1 atom stereocenters. The smallest absolute Gasteiger partial charge is 0.132 e. The number of aromatic nitrogens is 2. The predicted octanol–water partition coefficient (Wildman–Crippen LogP) is 0.716. The molecule has 0 aliphatic carbocycles. The van der Waals surface area contributed by atoms with E-state index in [1.54, 1.807) is 0 Å². The number of aryl methyl sites for hydroxylation is 1. The molecule has 14 heavy (non-hydrogen) atoms. The van der Waals surface area contributed by atoms with Crippen molar-refractivity contribution in [3.8, 4) is 0 Å². The highest BCUT2D eigenvalue weighted by atomic mass is 79.9. The van der Waals surface area contributed by atoms with Crippen LogP contribution in [-0.4, -0.2) is 33.8 Å². The van der Waals surface area contributed by atoms with Crippen molar-refractivity contribution in [3.63, 3.8) is 0 Å². The van der Waals surface area contributed by atoms with Crippen molar-refractivity contribution in [2.75, 3.05) is 13.1 Å². The Kier molecular flexibility index (Phi) is 2.90. The molecule has 1 aliphatic heterocycles. The van der Waals surface area contributed by atoms with E-state index in [1.165, 1.54) is 12.0 Å². The Morgan fingerprint density at radius 2 is 2.50 bits per heavy atom. The Morgan fingerprint density at radius 3 is 2.93 bits per heavy atom. The summed E-state index contributed by atoms with van der Waals surface area (Å²) in [4.78, 5) is 2.39. The number of nitrogens with zero attached hydrogens (tertiary/aromatic N) is 3. The van der Waals surface area contributed by atoms with Crippen LogP contribution < -0.4 is 5.73 Å². The maximum Gasteiger partial charge on any atom is 0.132 e. The quantitative estimate of drug-likeness (QED) is 0.869. The Morgan fingerprint density at radius 1 is 1.71 bits per heavy atom. The number of nitrogens with two attached hydrogens (primary N) is 1. The van der Waals surface area contributed by atoms with Gasteiger partial charge in [0.05, 0.1) is 0 Å². The maximum atomic E-state index is 5.65. The zero-order chi connectivity index (χ0) is 10.1. The van der Waals surface area contributed by atoms with Gasteiger partial charge in [0.15, 0.2) is 0 Å². The van der Waals surface area contributed by atoms with Crippen LogP contribution in [0.4, 0.5) is 0 Å². The van der Waals surface area contributed by atoms with Crippen LogP contribution in [0.25, 0.3) is 0 Å². The van der Waals surface area contributed by atoms with E-state index in [2.05, 4.69) is 32.1 Å². The molecule has 4 nitrogen and oxygen atoms in total. The van der Waals surface area contributed by atoms with Crippen LogP contribution in [0.5, 0.6) is 0 Å². The van der Waals surface area contributed by atoms with Gasteiger partial charge in [0.2, 0.25) is 0 Å². The lowest BCUT2D eigenvalue weighted by Crippen LogP contribution is -2.50. The SMILES string of the molecule is Cn1cc(CN2CCC2CN)c(Br)n1. The van der Waals surface area contributed by atoms with E-state index in [0.29, 0.717) is 6.04 Å². The zero-order valence-corrected chi connectivity index (χ0v) is 9.87. The molecule has 2 N–H and O–H groups in total. The van der Waals surface area contributed by atoms with Crippen molar-refractivity contribution in [2.45, 2.75) is 19.0 Å². The Balaban J connectivity index is 2.00. The molecule has 1 unspecified atom stereocenters. The van der Waals surface area contributed by atoms with Gasteiger partial charge in [-0.15, -0.1) is 0 Å². The number of rotatable bonds is 3. The summed E-state index contributed by atoms with van der Waals surface area (Å²) in [5.41, 5.74) is 6.89. The van der Waals surface area contributed by atoms with Gasteiger partial charge in [-0.2, -0.15) is 5.10 Å². The minimum Gasteiger partial charge on any atom is -0.329 e. The molecule has 1 saturated heterocycles. The summed E-state index contributed by atoms with van der Waals surface area (Å²) in [6.07, 6.45) is 3.28. The highest BCUT2D eigenvalue weighted by molar-refractivity contribution is 9.10. The van der Waals surface area contributed by atoms with Crippen molar-refractivity contribution in [1.29, 1.82) is 0 Å². The van der Waals surface area contributed by atoms with E-state index in [-0.39, 0.29) is 0 Å². The van der Waals surface area contributed by atoms with Gasteiger partial charge in [0, 0.05) is 44.5 Å². The average Bonchev–Trinajstić information content (AvgIpc) is 2.40. The molecule has 1 aliphatic rings. The van der Waals surface area contributed by atoms with Gasteiger partial charge in [-0.05, 0) is 22.4 Å². The highest BCUT2D eigenvalue weighted by Gasteiger charge is 2.27. The predicted molar refractivity (Wildman–Crippen MR) is 58.8 cm³/mol. The summed E-state index contributed by atoms with van der Waals surface area (Å²) in [6, 6.07) is 0.571. The minimum atomic E-state index is 0.571. The van der Waals surface area contributed by atoms with Crippen LogP contribution in [0.1, 0.15) is 12.0 Å². The van der Waals surface area contributed by atoms with E-state index in [9.17, 15) is 0 Å². The summed E-state index contributed by atoms with van der Waals surface area (Å²) in [5.74, 6) is 0. The van der Waals surface area contributed by atoms with E-state index in [1.807, 2.05) is 11.7 Å². The first-order chi connectivity index (χ1) is 6.70. The molecule has 5 heteroatoms. The van der Waals surface area contributed by atoms with E-state index in [0.717, 1.165) is 24.2 Å². The molecule has 0 aromatic carbocycles. The van der Waals surface area contributed by atoms with Crippen LogP contribution in [0.3, 0.4) is 0 Å². The van der Waals surface area contributed by atoms with E-state index in [4.69, 9.17) is 5.73 Å². The second kappa shape index (κ2) is 4.00. The Hall–Kier alpha value is -0.390. The van der Waals surface area contributed by atoms with Crippen molar-refractivity contribution in [1.82, 2.24) is 14.7 Å². The molecule has 0 saturated carbocycles. The lowest BCUT2D eigenvalue weighted by atomic mass is 10.0. The normalized spacial score (nSPS) is 22.4. The molecule has 1 aromatic heterocycles. The Bertz CT molecular complexity index is 321. The molecular formula is C9H15BrN4. The highest BCUT2D eigenvalue weighted by Crippen LogP contribution is 2.22. The summed E-state index contributed by atoms with van der Waals surface area (Å²) in [5, 5.41) is 4.25. The molecule has 0 bridgehead atoms. The van der Waals surface area contributed by atoms with Crippen LogP contribution in [0.2, 0.25) is 0 Å². The molecule has 1 fully saturated rings. The first-order valence-corrected chi connectivity index (χ1v) is 5.62. The summed E-state index contributed by atoms with van der Waals surface area (Å²) < 4.78 is 2.78. The summed E-state index contributed by atoms with van der Waals surface area (Å²) in [7, 11) is 1.94. The second-order valence-electron chi connectivity index (χ2n) is 3.77. The molecule has 0 spiro atoms. The van der Waals surface area contributed by atoms with Crippen LogP contribution in [0, 0.1) is 0 Å². The van der Waals surface area contributed by atoms with Crippen molar-refractivity contribution in [2.24, 2.45) is 12.8 Å². The number of halogens is 1. The molecule has 0 amide bonds. The number of hydrogen-bond donors (Lipinski definition) is 1. The third-order valence-corrected chi connectivity index (χ3v) is 3.43. The second-order valence-corrected chi connectivity index (χ2v) is 4.52. The fraction of sp³-hybridized carbons (Fsp3) is 0.667. The summed E-state index contributed by atoms with van der Waals surface area (Å²) >= 11 is 3.45. The Labute approximate surface area is 92.2 Å². The van der Waals surface area contributed by atoms with Gasteiger partial charge in [0.1, 0.15) is 4.60 Å². The van der Waals surface area contributed by atoms with Gasteiger partial charge in [-0.25, -0.2) is 0 Å². The molecular weight excluding hydrogens is 244 g/mol. The average molecular weight is 259 g/mol. The number of likely N-dealkylation sites (tertiary alicyclic amines) is 1. The minimum absolute atomic E-state index is 0.571. The van der Waals surface area contributed by atoms with Crippen molar-refractivity contribution in [3.05, 3.63) is 16.4 Å². The topological polar surface area (TPSA) is 47.1 Å². The van der Waals surface area contributed by atoms with E-state index >= 15 is 0 Å². The van der Waals surface area contributed by atoms with Gasteiger partial charge in [0.25, 0.3) is 0 Å². The molecule has 1 aromatic rings. The van der Waals surface area contributed by atoms with Crippen LogP contribution in [0.15, 0.2) is 10.8 Å². The fourth-order valence-electron chi connectivity index (χ4n) is 1.80. The van der Waals surface area contributed by atoms with Crippen LogP contribution >= 0.6 is 15.9 Å². The van der Waals surface area contributed by atoms with Gasteiger partial charge in [-0.1, -0.05) is 0 Å². The summed E-state index contributed by atoms with van der Waals surface area (Å²) in [6.45, 7) is 2.87. The van der Waals surface area contributed by atoms with Crippen molar-refractivity contribution >= 4 is 15.9 Å². The molecule has 78 valence electrons. The molecule has 2 heterocycles. The lowest BCUT2D eigenvalue weighted by molar-refractivity contribution is 0.0879. The third-order valence-electron chi connectivity index (χ3n) is 2.76. The first-order valence-electron chi connectivity index (χ1n) is 4.83. The monoisotopic (exact) mass is 258 g/mol. The van der Waals surface area contributed by atoms with Crippen LogP contribution in [-0.2, 0) is 13.6 Å². The van der Waals surface area contributed by atoms with Crippen molar-refractivity contribution < 1.29 is 0 Å². The van der Waals surface area contributed by atoms with Gasteiger partial charge in [-0.3, -0.25) is 9.58 Å². The van der Waals surface area contributed by atoms with Gasteiger partial charge < -0.3 is 5.73 Å². The number of hydrogen-bond acceptors (Lipinski definition) is 3. The van der Waals surface area contributed by atoms with E-state index < -0.39 is 0 Å². The maximum absolute atomic E-state index is 5.65. The standard InChI is InChI=1S/C9H15BrN4/c1-13-5-7(9(10)12-13)6-14-3-2-8(14)4-11/h5,8H,2-4,6,11H2,1H3. The fourth-order valence-corrected chi connectivity index (χ4v) is 2.28. The molecule has 0 radical (unpaired) electrons. The zero-order valence-electron chi connectivity index (χ0n) is 8.28. The molecule has 2 rings (SSSR count).